The van der Waals surface area contributed by atoms with Gasteiger partial charge in [-0.15, -0.1) is 11.3 Å². The van der Waals surface area contributed by atoms with Crippen molar-refractivity contribution in [1.82, 2.24) is 10.3 Å². The molecule has 0 unspecified atom stereocenters. The number of anilines is 1. The summed E-state index contributed by atoms with van der Waals surface area (Å²) in [6.45, 7) is 2.97. The molecule has 1 aromatic rings. The maximum atomic E-state index is 5.59. The predicted octanol–water partition coefficient (Wildman–Crippen LogP) is 1.67. The van der Waals surface area contributed by atoms with E-state index in [2.05, 4.69) is 10.3 Å². The monoisotopic (exact) mass is 255 g/mol. The van der Waals surface area contributed by atoms with Gasteiger partial charge in [0.2, 0.25) is 0 Å². The number of methoxy groups -OCH3 is 1. The van der Waals surface area contributed by atoms with Crippen LogP contribution in [0.25, 0.3) is 0 Å². The third kappa shape index (κ3) is 3.94. The average Bonchev–Trinajstić information content (AvgIpc) is 2.98. The zero-order chi connectivity index (χ0) is 12.1. The van der Waals surface area contributed by atoms with Gasteiger partial charge in [-0.1, -0.05) is 0 Å². The van der Waals surface area contributed by atoms with Crippen molar-refractivity contribution in [3.63, 3.8) is 0 Å². The largest absolute Gasteiger partial charge is 0.385 e. The Hall–Kier alpha value is -0.650. The van der Waals surface area contributed by atoms with Crippen molar-refractivity contribution in [3.05, 3.63) is 11.1 Å². The van der Waals surface area contributed by atoms with Gasteiger partial charge in [0.1, 0.15) is 0 Å². The number of aromatic nitrogens is 1. The first-order valence-electron chi connectivity index (χ1n) is 6.14. The summed E-state index contributed by atoms with van der Waals surface area (Å²) in [5.74, 6) is 0. The van der Waals surface area contributed by atoms with Crippen molar-refractivity contribution < 1.29 is 4.74 Å². The minimum absolute atomic E-state index is 0.525. The first-order valence-corrected chi connectivity index (χ1v) is 7.02. The van der Waals surface area contributed by atoms with E-state index in [1.54, 1.807) is 7.11 Å². The Balaban J connectivity index is 1.60. The van der Waals surface area contributed by atoms with Crippen LogP contribution in [0.5, 0.6) is 0 Å². The Kier molecular flexibility index (Phi) is 4.36. The van der Waals surface area contributed by atoms with Gasteiger partial charge >= 0.3 is 0 Å². The molecule has 0 aromatic carbocycles. The number of rotatable bonds is 8. The van der Waals surface area contributed by atoms with Crippen LogP contribution in [-0.4, -0.2) is 31.8 Å². The van der Waals surface area contributed by atoms with Crippen molar-refractivity contribution in [1.29, 1.82) is 0 Å². The second kappa shape index (κ2) is 5.80. The van der Waals surface area contributed by atoms with Crippen LogP contribution in [0.15, 0.2) is 5.38 Å². The van der Waals surface area contributed by atoms with Gasteiger partial charge in [-0.25, -0.2) is 4.98 Å². The number of nitrogens with two attached hydrogens (primary N) is 1. The normalized spacial score (nSPS) is 17.2. The molecule has 0 bridgehead atoms. The van der Waals surface area contributed by atoms with E-state index in [0.717, 1.165) is 31.8 Å². The molecule has 1 aromatic heterocycles. The molecule has 1 aliphatic carbocycles. The molecule has 0 saturated heterocycles. The highest BCUT2D eigenvalue weighted by molar-refractivity contribution is 7.13. The lowest BCUT2D eigenvalue weighted by Gasteiger charge is -2.15. The maximum absolute atomic E-state index is 5.59. The Morgan fingerprint density at radius 1 is 1.59 bits per heavy atom. The van der Waals surface area contributed by atoms with Gasteiger partial charge < -0.3 is 15.8 Å². The van der Waals surface area contributed by atoms with E-state index in [1.807, 2.05) is 5.38 Å². The lowest BCUT2D eigenvalue weighted by atomic mass is 10.0. The fourth-order valence-corrected chi connectivity index (χ4v) is 2.62. The highest BCUT2D eigenvalue weighted by Gasteiger charge is 2.41. The topological polar surface area (TPSA) is 60.2 Å². The van der Waals surface area contributed by atoms with E-state index in [4.69, 9.17) is 10.5 Å². The van der Waals surface area contributed by atoms with Gasteiger partial charge in [0.05, 0.1) is 5.69 Å². The van der Waals surface area contributed by atoms with Crippen LogP contribution >= 0.6 is 11.3 Å². The van der Waals surface area contributed by atoms with Gasteiger partial charge in [0.15, 0.2) is 5.13 Å². The molecule has 0 atom stereocenters. The predicted molar refractivity (Wildman–Crippen MR) is 71.3 cm³/mol. The maximum Gasteiger partial charge on any atom is 0.180 e. The molecule has 96 valence electrons. The summed E-state index contributed by atoms with van der Waals surface area (Å²) >= 11 is 1.51. The van der Waals surface area contributed by atoms with E-state index >= 15 is 0 Å². The lowest BCUT2D eigenvalue weighted by Crippen LogP contribution is -2.26. The van der Waals surface area contributed by atoms with E-state index in [-0.39, 0.29) is 0 Å². The Morgan fingerprint density at radius 2 is 2.41 bits per heavy atom. The summed E-state index contributed by atoms with van der Waals surface area (Å²) in [7, 11) is 1.77. The van der Waals surface area contributed by atoms with E-state index in [1.165, 1.54) is 30.6 Å². The van der Waals surface area contributed by atoms with Crippen molar-refractivity contribution in [2.24, 2.45) is 5.41 Å². The number of thiazole rings is 1. The zero-order valence-corrected chi connectivity index (χ0v) is 11.2. The second-order valence-corrected chi connectivity index (χ2v) is 5.74. The fourth-order valence-electron chi connectivity index (χ4n) is 2.02. The molecule has 0 spiro atoms. The molecule has 1 fully saturated rings. The molecule has 2 rings (SSSR count). The first-order chi connectivity index (χ1) is 8.24. The van der Waals surface area contributed by atoms with Gasteiger partial charge in [0, 0.05) is 38.6 Å². The highest BCUT2D eigenvalue weighted by atomic mass is 32.1. The Bertz CT molecular complexity index is 349. The first kappa shape index (κ1) is 12.8. The molecule has 0 radical (unpaired) electrons. The van der Waals surface area contributed by atoms with Gasteiger partial charge in [-0.05, 0) is 24.7 Å². The van der Waals surface area contributed by atoms with Crippen molar-refractivity contribution in [2.45, 2.75) is 25.7 Å². The molecule has 3 N–H and O–H groups in total. The quantitative estimate of drug-likeness (QED) is 0.694. The van der Waals surface area contributed by atoms with Crippen LogP contribution in [-0.2, 0) is 11.2 Å². The van der Waals surface area contributed by atoms with E-state index in [9.17, 15) is 0 Å². The fraction of sp³-hybridized carbons (Fsp3) is 0.750. The standard InChI is InChI=1S/C12H21N3OS/c1-16-7-5-12(3-4-12)9-14-6-2-10-8-17-11(13)15-10/h8,14H,2-7,9H2,1H3,(H2,13,15). The van der Waals surface area contributed by atoms with Gasteiger partial charge in [0.25, 0.3) is 0 Å². The molecule has 17 heavy (non-hydrogen) atoms. The summed E-state index contributed by atoms with van der Waals surface area (Å²) in [5, 5.41) is 6.23. The summed E-state index contributed by atoms with van der Waals surface area (Å²) in [4.78, 5) is 4.25. The van der Waals surface area contributed by atoms with Crippen LogP contribution < -0.4 is 11.1 Å². The van der Waals surface area contributed by atoms with Crippen LogP contribution in [0.2, 0.25) is 0 Å². The zero-order valence-electron chi connectivity index (χ0n) is 10.4. The Labute approximate surface area is 107 Å². The molecular formula is C12H21N3OS. The summed E-state index contributed by atoms with van der Waals surface area (Å²) < 4.78 is 5.15. The van der Waals surface area contributed by atoms with Crippen molar-refractivity contribution in [3.8, 4) is 0 Å². The SMILES string of the molecule is COCCC1(CNCCc2csc(N)n2)CC1. The van der Waals surface area contributed by atoms with Crippen LogP contribution in [0.1, 0.15) is 25.0 Å². The molecule has 5 heteroatoms. The minimum Gasteiger partial charge on any atom is -0.385 e. The molecule has 1 saturated carbocycles. The number of ether oxygens (including phenoxy) is 1. The van der Waals surface area contributed by atoms with Gasteiger partial charge in [-0.2, -0.15) is 0 Å². The second-order valence-electron chi connectivity index (χ2n) is 4.85. The van der Waals surface area contributed by atoms with E-state index < -0.39 is 0 Å². The van der Waals surface area contributed by atoms with Crippen LogP contribution in [0, 0.1) is 5.41 Å². The van der Waals surface area contributed by atoms with Crippen LogP contribution in [0.3, 0.4) is 0 Å². The number of hydrogen-bond acceptors (Lipinski definition) is 5. The van der Waals surface area contributed by atoms with Crippen molar-refractivity contribution >= 4 is 16.5 Å². The number of nitrogens with zero attached hydrogens (tertiary/aromatic N) is 1. The molecule has 0 aliphatic heterocycles. The number of nitrogen functional groups attached to an aromatic ring is 1. The number of hydrogen-bond donors (Lipinski definition) is 2. The number of nitrogens with one attached hydrogen (secondary N) is 1. The average molecular weight is 255 g/mol. The third-order valence-corrected chi connectivity index (χ3v) is 4.14. The summed E-state index contributed by atoms with van der Waals surface area (Å²) in [6, 6.07) is 0. The molecule has 1 heterocycles. The summed E-state index contributed by atoms with van der Waals surface area (Å²) in [6.07, 6.45) is 4.83. The smallest absolute Gasteiger partial charge is 0.180 e. The Morgan fingerprint density at radius 3 is 3.00 bits per heavy atom. The molecule has 1 aliphatic rings. The van der Waals surface area contributed by atoms with Crippen LogP contribution in [0.4, 0.5) is 5.13 Å². The molecular weight excluding hydrogens is 234 g/mol. The van der Waals surface area contributed by atoms with Gasteiger partial charge in [-0.3, -0.25) is 0 Å². The van der Waals surface area contributed by atoms with E-state index in [0.29, 0.717) is 10.5 Å². The highest BCUT2D eigenvalue weighted by Crippen LogP contribution is 2.48. The minimum atomic E-state index is 0.525. The summed E-state index contributed by atoms with van der Waals surface area (Å²) in [5.41, 5.74) is 7.21. The molecule has 0 amide bonds. The van der Waals surface area contributed by atoms with Crippen molar-refractivity contribution in [2.75, 3.05) is 32.5 Å². The molecule has 4 nitrogen and oxygen atoms in total. The lowest BCUT2D eigenvalue weighted by molar-refractivity contribution is 0.171. The third-order valence-electron chi connectivity index (χ3n) is 3.42.